The van der Waals surface area contributed by atoms with E-state index < -0.39 is 5.91 Å². The molecule has 0 bridgehead atoms. The number of aryl methyl sites for hydroxylation is 1. The first-order chi connectivity index (χ1) is 17.0. The van der Waals surface area contributed by atoms with Gasteiger partial charge in [-0.25, -0.2) is 4.68 Å². The maximum Gasteiger partial charge on any atom is 0.269 e. The van der Waals surface area contributed by atoms with Crippen molar-refractivity contribution < 1.29 is 4.79 Å². The molecule has 2 aliphatic rings. The third kappa shape index (κ3) is 5.30. The van der Waals surface area contributed by atoms with Crippen molar-refractivity contribution in [3.63, 3.8) is 0 Å². The van der Waals surface area contributed by atoms with Gasteiger partial charge in [0.2, 0.25) is 0 Å². The Labute approximate surface area is 207 Å². The molecule has 1 aromatic heterocycles. The average Bonchev–Trinajstić information content (AvgIpc) is 3.28. The Hall–Kier alpha value is -3.44. The number of primary amides is 1. The van der Waals surface area contributed by atoms with E-state index in [0.29, 0.717) is 5.69 Å². The van der Waals surface area contributed by atoms with E-state index in [-0.39, 0.29) is 5.41 Å². The summed E-state index contributed by atoms with van der Waals surface area (Å²) in [5, 5.41) is 4.37. The zero-order chi connectivity index (χ0) is 24.3. The second kappa shape index (κ2) is 10.0. The van der Waals surface area contributed by atoms with Crippen LogP contribution in [0, 0.1) is 12.3 Å². The molecular formula is C30H34N4O. The summed E-state index contributed by atoms with van der Waals surface area (Å²) in [5.74, 6) is -0.505. The van der Waals surface area contributed by atoms with Crippen LogP contribution in [0.3, 0.4) is 0 Å². The molecule has 2 N–H and O–H groups in total. The van der Waals surface area contributed by atoms with Crippen molar-refractivity contribution in [2.75, 3.05) is 19.6 Å². The molecule has 5 heteroatoms. The summed E-state index contributed by atoms with van der Waals surface area (Å²) < 4.78 is 1.78. The average molecular weight is 467 g/mol. The van der Waals surface area contributed by atoms with Crippen molar-refractivity contribution in [2.45, 2.75) is 39.0 Å². The third-order valence-corrected chi connectivity index (χ3v) is 7.32. The van der Waals surface area contributed by atoms with Gasteiger partial charge in [0.1, 0.15) is 0 Å². The maximum atomic E-state index is 11.5. The first-order valence-electron chi connectivity index (χ1n) is 12.6. The fourth-order valence-corrected chi connectivity index (χ4v) is 5.45. The minimum Gasteiger partial charge on any atom is -0.364 e. The number of nitrogens with zero attached hydrogens (tertiary/aromatic N) is 3. The summed E-state index contributed by atoms with van der Waals surface area (Å²) in [7, 11) is 0. The van der Waals surface area contributed by atoms with Crippen LogP contribution in [0.2, 0.25) is 0 Å². The van der Waals surface area contributed by atoms with Gasteiger partial charge in [0.15, 0.2) is 5.69 Å². The number of carbonyl (C=O) groups excluding carboxylic acids is 1. The van der Waals surface area contributed by atoms with E-state index in [4.69, 9.17) is 5.73 Å². The number of benzene rings is 2. The van der Waals surface area contributed by atoms with Crippen molar-refractivity contribution in [2.24, 2.45) is 11.1 Å². The van der Waals surface area contributed by atoms with E-state index in [1.807, 2.05) is 6.92 Å². The van der Waals surface area contributed by atoms with E-state index >= 15 is 0 Å². The van der Waals surface area contributed by atoms with Gasteiger partial charge in [-0.3, -0.25) is 4.79 Å². The molecule has 1 aliphatic heterocycles. The van der Waals surface area contributed by atoms with Gasteiger partial charge in [0.05, 0.1) is 5.69 Å². The maximum absolute atomic E-state index is 11.5. The Bertz CT molecular complexity index is 1230. The van der Waals surface area contributed by atoms with Gasteiger partial charge in [-0.1, -0.05) is 67.1 Å². The smallest absolute Gasteiger partial charge is 0.269 e. The number of allylic oxidation sites excluding steroid dienone is 3. The van der Waals surface area contributed by atoms with Crippen LogP contribution in [0.15, 0.2) is 78.9 Å². The zero-order valence-electron chi connectivity index (χ0n) is 20.5. The standard InChI is InChI=1S/C30H34N4O/c1-23-20-28(29(31)35)32-34(23)27-12-10-24(11-13-27)21-30(22-33-18-6-3-7-19-33)16-14-26(15-17-30)25-8-4-2-5-9-25/h2,4-5,8-16,20H,3,6-7,17-19,21-22H2,1H3,(H2,31,35). The predicted molar refractivity (Wildman–Crippen MR) is 141 cm³/mol. The lowest BCUT2D eigenvalue weighted by Gasteiger charge is -2.39. The summed E-state index contributed by atoms with van der Waals surface area (Å²) >= 11 is 0. The number of piperidine rings is 1. The van der Waals surface area contributed by atoms with Gasteiger partial charge in [-0.15, -0.1) is 0 Å². The molecule has 3 aromatic rings. The molecule has 2 heterocycles. The SMILES string of the molecule is Cc1cc(C(N)=O)nn1-c1ccc(CC2(CN3CCCCC3)C=CC(c3ccccc3)=CC2)cc1. The number of hydrogen-bond acceptors (Lipinski definition) is 3. The second-order valence-electron chi connectivity index (χ2n) is 10.1. The number of amides is 1. The van der Waals surface area contributed by atoms with Gasteiger partial charge in [0, 0.05) is 17.7 Å². The Morgan fingerprint density at radius 1 is 1.03 bits per heavy atom. The molecule has 5 rings (SSSR count). The topological polar surface area (TPSA) is 64.2 Å². The molecule has 1 amide bonds. The van der Waals surface area contributed by atoms with Crippen LogP contribution in [0.5, 0.6) is 0 Å². The molecule has 1 aliphatic carbocycles. The number of nitrogens with two attached hydrogens (primary N) is 1. The summed E-state index contributed by atoms with van der Waals surface area (Å²) in [6.07, 6.45) is 13.2. The quantitative estimate of drug-likeness (QED) is 0.511. The van der Waals surface area contributed by atoms with Crippen molar-refractivity contribution in [3.05, 3.63) is 101 Å². The molecule has 1 fully saturated rings. The summed E-state index contributed by atoms with van der Waals surface area (Å²) in [6, 6.07) is 21.0. The van der Waals surface area contributed by atoms with Gasteiger partial charge >= 0.3 is 0 Å². The molecule has 5 nitrogen and oxygen atoms in total. The third-order valence-electron chi connectivity index (χ3n) is 7.32. The molecule has 1 saturated heterocycles. The van der Waals surface area contributed by atoms with Crippen molar-refractivity contribution in [1.29, 1.82) is 0 Å². The van der Waals surface area contributed by atoms with Gasteiger partial charge in [-0.2, -0.15) is 5.10 Å². The monoisotopic (exact) mass is 466 g/mol. The van der Waals surface area contributed by atoms with Crippen LogP contribution in [-0.4, -0.2) is 40.2 Å². The lowest BCUT2D eigenvalue weighted by Crippen LogP contribution is -2.41. The van der Waals surface area contributed by atoms with E-state index in [1.54, 1.807) is 10.7 Å². The fraction of sp³-hybridized carbons (Fsp3) is 0.333. The van der Waals surface area contributed by atoms with Gasteiger partial charge in [-0.05, 0) is 80.6 Å². The van der Waals surface area contributed by atoms with Crippen LogP contribution < -0.4 is 5.73 Å². The van der Waals surface area contributed by atoms with Crippen LogP contribution in [0.25, 0.3) is 11.3 Å². The van der Waals surface area contributed by atoms with Gasteiger partial charge in [0.25, 0.3) is 5.91 Å². The highest BCUT2D eigenvalue weighted by Gasteiger charge is 2.32. The minimum atomic E-state index is -0.505. The molecule has 180 valence electrons. The Balaban J connectivity index is 1.37. The van der Waals surface area contributed by atoms with Crippen molar-refractivity contribution >= 4 is 11.5 Å². The first-order valence-corrected chi connectivity index (χ1v) is 12.6. The van der Waals surface area contributed by atoms with Crippen LogP contribution in [0.4, 0.5) is 0 Å². The fourth-order valence-electron chi connectivity index (χ4n) is 5.45. The van der Waals surface area contributed by atoms with Crippen LogP contribution in [0.1, 0.15) is 53.0 Å². The van der Waals surface area contributed by atoms with Gasteiger partial charge < -0.3 is 10.6 Å². The predicted octanol–water partition coefficient (Wildman–Crippen LogP) is 5.34. The van der Waals surface area contributed by atoms with E-state index in [9.17, 15) is 4.79 Å². The molecule has 0 spiro atoms. The Morgan fingerprint density at radius 2 is 1.77 bits per heavy atom. The van der Waals surface area contributed by atoms with Crippen LogP contribution in [-0.2, 0) is 6.42 Å². The number of likely N-dealkylation sites (tertiary alicyclic amines) is 1. The number of hydrogen-bond donors (Lipinski definition) is 1. The highest BCUT2D eigenvalue weighted by Crippen LogP contribution is 2.38. The van der Waals surface area contributed by atoms with Crippen LogP contribution >= 0.6 is 0 Å². The summed E-state index contributed by atoms with van der Waals surface area (Å²) in [5.41, 5.74) is 11.5. The molecule has 35 heavy (non-hydrogen) atoms. The number of carbonyl (C=O) groups is 1. The largest absolute Gasteiger partial charge is 0.364 e. The Morgan fingerprint density at radius 3 is 2.40 bits per heavy atom. The van der Waals surface area contributed by atoms with E-state index in [0.717, 1.165) is 30.8 Å². The number of aromatic nitrogens is 2. The molecule has 1 atom stereocenters. The Kier molecular flexibility index (Phi) is 6.69. The van der Waals surface area contributed by atoms with Crippen molar-refractivity contribution in [1.82, 2.24) is 14.7 Å². The lowest BCUT2D eigenvalue weighted by atomic mass is 9.74. The van der Waals surface area contributed by atoms with E-state index in [1.165, 1.54) is 49.1 Å². The molecule has 0 radical (unpaired) electrons. The minimum absolute atomic E-state index is 0.0812. The zero-order valence-corrected chi connectivity index (χ0v) is 20.5. The van der Waals surface area contributed by atoms with E-state index in [2.05, 4.69) is 82.8 Å². The summed E-state index contributed by atoms with van der Waals surface area (Å²) in [4.78, 5) is 14.2. The molecular weight excluding hydrogens is 432 g/mol. The number of rotatable bonds is 7. The highest BCUT2D eigenvalue weighted by atomic mass is 16.1. The molecule has 1 unspecified atom stereocenters. The molecule has 0 saturated carbocycles. The first kappa shape index (κ1) is 23.3. The molecule has 2 aromatic carbocycles. The second-order valence-corrected chi connectivity index (χ2v) is 10.1. The summed E-state index contributed by atoms with van der Waals surface area (Å²) in [6.45, 7) is 5.42. The normalized spacial score (nSPS) is 20.5. The highest BCUT2D eigenvalue weighted by molar-refractivity contribution is 5.90. The van der Waals surface area contributed by atoms with Crippen molar-refractivity contribution in [3.8, 4) is 5.69 Å². The lowest BCUT2D eigenvalue weighted by molar-refractivity contribution is 0.0995.